The van der Waals surface area contributed by atoms with Crippen molar-refractivity contribution in [3.05, 3.63) is 47.0 Å². The number of benzene rings is 1. The largest absolute Gasteiger partial charge is 0.286 e. The molecule has 0 N–H and O–H groups in total. The Morgan fingerprint density at radius 3 is 2.71 bits per heavy atom. The molecule has 1 aromatic rings. The highest BCUT2D eigenvalue weighted by Crippen LogP contribution is 2.34. The van der Waals surface area contributed by atoms with E-state index in [0.29, 0.717) is 5.56 Å². The molecule has 14 heavy (non-hydrogen) atoms. The summed E-state index contributed by atoms with van der Waals surface area (Å²) in [6.45, 7) is 0. The van der Waals surface area contributed by atoms with Gasteiger partial charge in [0.1, 0.15) is 0 Å². The molecule has 0 saturated heterocycles. The summed E-state index contributed by atoms with van der Waals surface area (Å²) >= 11 is 0. The van der Waals surface area contributed by atoms with Gasteiger partial charge in [-0.2, -0.15) is 0 Å². The van der Waals surface area contributed by atoms with E-state index >= 15 is 0 Å². The van der Waals surface area contributed by atoms with Crippen LogP contribution < -0.4 is 0 Å². The van der Waals surface area contributed by atoms with E-state index in [9.17, 15) is 9.59 Å². The summed E-state index contributed by atoms with van der Waals surface area (Å²) in [5.41, 5.74) is 3.34. The van der Waals surface area contributed by atoms with Crippen LogP contribution in [0.3, 0.4) is 0 Å². The second-order valence-electron chi connectivity index (χ2n) is 3.40. The van der Waals surface area contributed by atoms with Crippen LogP contribution in [0.4, 0.5) is 0 Å². The highest BCUT2D eigenvalue weighted by Gasteiger charge is 2.27. The molecule has 0 aliphatic heterocycles. The average Bonchev–Trinajstić information content (AvgIpc) is 2.59. The van der Waals surface area contributed by atoms with Gasteiger partial charge in [-0.05, 0) is 17.2 Å². The van der Waals surface area contributed by atoms with E-state index in [1.54, 1.807) is 12.1 Å². The maximum absolute atomic E-state index is 11.5. The van der Waals surface area contributed by atoms with Crippen LogP contribution in [0.15, 0.2) is 30.4 Å². The van der Waals surface area contributed by atoms with Gasteiger partial charge in [0.05, 0.1) is 0 Å². The van der Waals surface area contributed by atoms with Crippen LogP contribution in [0.5, 0.6) is 0 Å². The molecule has 0 unspecified atom stereocenters. The van der Waals surface area contributed by atoms with Gasteiger partial charge >= 0.3 is 0 Å². The zero-order valence-corrected chi connectivity index (χ0v) is 7.28. The Hall–Kier alpha value is -1.96. The summed E-state index contributed by atoms with van der Waals surface area (Å²) in [6, 6.07) is 5.45. The van der Waals surface area contributed by atoms with Gasteiger partial charge in [0.25, 0.3) is 0 Å². The predicted molar refractivity (Wildman–Crippen MR) is 52.8 cm³/mol. The quantitative estimate of drug-likeness (QED) is 0.574. The van der Waals surface area contributed by atoms with E-state index in [-0.39, 0.29) is 0 Å². The van der Waals surface area contributed by atoms with Crippen molar-refractivity contribution in [3.63, 3.8) is 0 Å². The summed E-state index contributed by atoms with van der Waals surface area (Å²) < 4.78 is 0. The summed E-state index contributed by atoms with van der Waals surface area (Å²) in [7, 11) is 0. The Bertz CT molecular complexity index is 533. The fourth-order valence-electron chi connectivity index (χ4n) is 1.94. The van der Waals surface area contributed by atoms with Crippen LogP contribution in [-0.2, 0) is 4.79 Å². The highest BCUT2D eigenvalue weighted by molar-refractivity contribution is 6.51. The lowest BCUT2D eigenvalue weighted by atomic mass is 9.89. The number of carbonyl (C=O) groups excluding carboxylic acids is 2. The van der Waals surface area contributed by atoms with Crippen molar-refractivity contribution < 1.29 is 9.59 Å². The Morgan fingerprint density at radius 2 is 1.86 bits per heavy atom. The maximum Gasteiger partial charge on any atom is 0.233 e. The van der Waals surface area contributed by atoms with Gasteiger partial charge < -0.3 is 0 Å². The molecular formula is C12H6O2. The van der Waals surface area contributed by atoms with E-state index in [2.05, 4.69) is 0 Å². The molecule has 66 valence electrons. The average molecular weight is 182 g/mol. The zero-order chi connectivity index (χ0) is 9.71. The second-order valence-corrected chi connectivity index (χ2v) is 3.40. The lowest BCUT2D eigenvalue weighted by Gasteiger charge is -2.11. The highest BCUT2D eigenvalue weighted by atomic mass is 16.2. The minimum Gasteiger partial charge on any atom is -0.286 e. The number of hydrogen-bond acceptors (Lipinski definition) is 2. The maximum atomic E-state index is 11.5. The zero-order valence-electron chi connectivity index (χ0n) is 7.28. The smallest absolute Gasteiger partial charge is 0.233 e. The lowest BCUT2D eigenvalue weighted by molar-refractivity contribution is -0.110. The molecule has 0 aromatic heterocycles. The Kier molecular flexibility index (Phi) is 1.22. The number of carbonyl (C=O) groups is 2. The van der Waals surface area contributed by atoms with Crippen LogP contribution in [-0.4, -0.2) is 11.6 Å². The molecule has 2 heteroatoms. The molecule has 0 fully saturated rings. The van der Waals surface area contributed by atoms with E-state index in [4.69, 9.17) is 0 Å². The third-order valence-corrected chi connectivity index (χ3v) is 2.58. The van der Waals surface area contributed by atoms with Crippen molar-refractivity contribution in [1.29, 1.82) is 0 Å². The van der Waals surface area contributed by atoms with Gasteiger partial charge in [-0.15, -0.1) is 0 Å². The van der Waals surface area contributed by atoms with Crippen molar-refractivity contribution in [1.82, 2.24) is 0 Å². The molecule has 0 bridgehead atoms. The number of Topliss-reactive ketones (excluding diaryl/α,β-unsaturated/α-hetero) is 1. The molecular weight excluding hydrogens is 176 g/mol. The summed E-state index contributed by atoms with van der Waals surface area (Å²) in [5, 5.41) is 0. The fraction of sp³-hybridized carbons (Fsp3) is 0. The number of rotatable bonds is 0. The topological polar surface area (TPSA) is 34.1 Å². The van der Waals surface area contributed by atoms with E-state index in [1.165, 1.54) is 6.08 Å². The minimum atomic E-state index is -0.420. The van der Waals surface area contributed by atoms with E-state index in [0.717, 1.165) is 16.7 Å². The third-order valence-electron chi connectivity index (χ3n) is 2.58. The van der Waals surface area contributed by atoms with Crippen molar-refractivity contribution in [2.24, 2.45) is 0 Å². The van der Waals surface area contributed by atoms with E-state index in [1.807, 2.05) is 18.2 Å². The second kappa shape index (κ2) is 2.29. The molecule has 1 aromatic carbocycles. The SMILES string of the molecule is O=C1C=C2C=Cc3cccc(c32)C1=O. The standard InChI is InChI=1S/C12H6O2/c13-10-6-8-5-4-7-2-1-3-9(11(7)8)12(10)14/h1-6H. The molecule has 3 rings (SSSR count). The first kappa shape index (κ1) is 7.44. The van der Waals surface area contributed by atoms with Crippen LogP contribution in [0.1, 0.15) is 21.5 Å². The molecule has 0 heterocycles. The van der Waals surface area contributed by atoms with Gasteiger partial charge in [-0.25, -0.2) is 0 Å². The predicted octanol–water partition coefficient (Wildman–Crippen LogP) is 1.86. The van der Waals surface area contributed by atoms with Gasteiger partial charge in [0, 0.05) is 11.1 Å². The lowest BCUT2D eigenvalue weighted by Crippen LogP contribution is -2.17. The van der Waals surface area contributed by atoms with Crippen molar-refractivity contribution in [2.45, 2.75) is 0 Å². The summed E-state index contributed by atoms with van der Waals surface area (Å²) in [5.74, 6) is -0.814. The monoisotopic (exact) mass is 182 g/mol. The third kappa shape index (κ3) is 0.752. The fourth-order valence-corrected chi connectivity index (χ4v) is 1.94. The van der Waals surface area contributed by atoms with Crippen LogP contribution >= 0.6 is 0 Å². The van der Waals surface area contributed by atoms with Crippen molar-refractivity contribution >= 4 is 23.2 Å². The molecule has 2 aliphatic carbocycles. The molecule has 0 saturated carbocycles. The molecule has 2 aliphatic rings. The Morgan fingerprint density at radius 1 is 1.00 bits per heavy atom. The van der Waals surface area contributed by atoms with Crippen molar-refractivity contribution in [3.8, 4) is 0 Å². The molecule has 0 atom stereocenters. The molecule has 0 radical (unpaired) electrons. The normalized spacial score (nSPS) is 17.0. The van der Waals surface area contributed by atoms with Crippen LogP contribution in [0.25, 0.3) is 11.6 Å². The van der Waals surface area contributed by atoms with Crippen molar-refractivity contribution in [2.75, 3.05) is 0 Å². The first-order valence-corrected chi connectivity index (χ1v) is 4.39. The van der Waals surface area contributed by atoms with E-state index < -0.39 is 11.6 Å². The van der Waals surface area contributed by atoms with Gasteiger partial charge in [-0.1, -0.05) is 30.4 Å². The first-order chi connectivity index (χ1) is 6.77. The van der Waals surface area contributed by atoms with Gasteiger partial charge in [-0.3, -0.25) is 9.59 Å². The summed E-state index contributed by atoms with van der Waals surface area (Å²) in [6.07, 6.45) is 5.22. The van der Waals surface area contributed by atoms with Crippen LogP contribution in [0, 0.1) is 0 Å². The van der Waals surface area contributed by atoms with Gasteiger partial charge in [0.2, 0.25) is 11.6 Å². The van der Waals surface area contributed by atoms with Gasteiger partial charge in [0.15, 0.2) is 0 Å². The first-order valence-electron chi connectivity index (χ1n) is 4.39. The minimum absolute atomic E-state index is 0.394. The molecule has 2 nitrogen and oxygen atoms in total. The molecule has 0 spiro atoms. The summed E-state index contributed by atoms with van der Waals surface area (Å²) in [4.78, 5) is 22.8. The Balaban J connectivity index is 2.44. The number of ketones is 2. The number of allylic oxidation sites excluding steroid dienone is 3. The molecule has 0 amide bonds. The number of hydrogen-bond donors (Lipinski definition) is 0. The Labute approximate surface area is 80.6 Å². The van der Waals surface area contributed by atoms with Crippen LogP contribution in [0.2, 0.25) is 0 Å².